The highest BCUT2D eigenvalue weighted by Gasteiger charge is 2.17. The molecule has 1 unspecified atom stereocenters. The van der Waals surface area contributed by atoms with Crippen molar-refractivity contribution in [2.75, 3.05) is 11.9 Å². The summed E-state index contributed by atoms with van der Waals surface area (Å²) in [4.78, 5) is 13.7. The van der Waals surface area contributed by atoms with Crippen LogP contribution in [0, 0.1) is 0 Å². The molecular weight excluding hydrogens is 388 g/mol. The summed E-state index contributed by atoms with van der Waals surface area (Å²) in [7, 11) is 0. The zero-order chi connectivity index (χ0) is 19.2. The number of amides is 1. The number of hydrogen-bond acceptors (Lipinski definition) is 5. The second-order valence-corrected chi connectivity index (χ2v) is 7.07. The molecule has 29 heavy (non-hydrogen) atoms. The summed E-state index contributed by atoms with van der Waals surface area (Å²) in [6.07, 6.45) is 3.56. The van der Waals surface area contributed by atoms with Gasteiger partial charge in [-0.3, -0.25) is 4.79 Å². The Hall–Kier alpha value is -2.77. The molecule has 8 heteroatoms. The molecule has 4 rings (SSSR count). The molecule has 0 radical (unpaired) electrons. The van der Waals surface area contributed by atoms with E-state index in [-0.39, 0.29) is 18.3 Å². The number of anilines is 1. The fraction of sp³-hybridized carbons (Fsp3) is 0.333. The third kappa shape index (κ3) is 5.85. The van der Waals surface area contributed by atoms with Crippen molar-refractivity contribution in [2.45, 2.75) is 38.3 Å². The van der Waals surface area contributed by atoms with Gasteiger partial charge in [0.25, 0.3) is 0 Å². The second-order valence-electron chi connectivity index (χ2n) is 7.07. The number of nitrogens with zero attached hydrogens (tertiary/aromatic N) is 4. The molecule has 0 aliphatic carbocycles. The monoisotopic (exact) mass is 412 g/mol. The molecule has 7 nitrogen and oxygen atoms in total. The van der Waals surface area contributed by atoms with Crippen LogP contribution in [-0.4, -0.2) is 38.7 Å². The van der Waals surface area contributed by atoms with E-state index in [1.807, 2.05) is 54.6 Å². The van der Waals surface area contributed by atoms with Crippen LogP contribution in [0.15, 0.2) is 54.6 Å². The lowest BCUT2D eigenvalue weighted by Crippen LogP contribution is -2.27. The van der Waals surface area contributed by atoms with Crippen LogP contribution in [0.25, 0.3) is 11.4 Å². The Bertz CT molecular complexity index is 906. The molecule has 0 spiro atoms. The average Bonchev–Trinajstić information content (AvgIpc) is 3.40. The number of halogens is 1. The molecule has 1 amide bonds. The van der Waals surface area contributed by atoms with Crippen LogP contribution in [0.2, 0.25) is 0 Å². The molecule has 0 saturated carbocycles. The van der Waals surface area contributed by atoms with Gasteiger partial charge in [-0.05, 0) is 48.7 Å². The van der Waals surface area contributed by atoms with Crippen LogP contribution < -0.4 is 10.6 Å². The first-order chi connectivity index (χ1) is 13.8. The van der Waals surface area contributed by atoms with Crippen molar-refractivity contribution in [1.82, 2.24) is 25.5 Å². The van der Waals surface area contributed by atoms with E-state index >= 15 is 0 Å². The summed E-state index contributed by atoms with van der Waals surface area (Å²) in [5.74, 6) is 0.697. The Morgan fingerprint density at radius 2 is 1.93 bits per heavy atom. The number of aryl methyl sites for hydroxylation is 2. The standard InChI is InChI=1S/C21H24N6O.ClH/c28-20(15-19-7-4-13-22-19)23-18-10-8-16(9-11-18)12-14-27-25-21(24-26-27)17-5-2-1-3-6-17;/h1-3,5-6,8-11,19,22H,4,7,12-15H2,(H,23,28);1H. The molecule has 1 atom stereocenters. The molecule has 1 saturated heterocycles. The first-order valence-corrected chi connectivity index (χ1v) is 9.72. The Morgan fingerprint density at radius 1 is 1.14 bits per heavy atom. The molecule has 1 aliphatic heterocycles. The molecular formula is C21H25ClN6O. The molecule has 2 N–H and O–H groups in total. The molecule has 3 aromatic rings. The lowest BCUT2D eigenvalue weighted by Gasteiger charge is -2.10. The van der Waals surface area contributed by atoms with E-state index in [2.05, 4.69) is 26.0 Å². The van der Waals surface area contributed by atoms with Gasteiger partial charge in [-0.15, -0.1) is 22.6 Å². The summed E-state index contributed by atoms with van der Waals surface area (Å²) >= 11 is 0. The summed E-state index contributed by atoms with van der Waals surface area (Å²) in [5, 5.41) is 19.0. The minimum absolute atomic E-state index is 0. The van der Waals surface area contributed by atoms with Crippen molar-refractivity contribution in [3.8, 4) is 11.4 Å². The number of aromatic nitrogens is 4. The van der Waals surface area contributed by atoms with Crippen molar-refractivity contribution >= 4 is 24.0 Å². The third-order valence-corrected chi connectivity index (χ3v) is 4.92. The van der Waals surface area contributed by atoms with E-state index in [0.29, 0.717) is 24.8 Å². The average molecular weight is 413 g/mol. The molecule has 1 fully saturated rings. The Morgan fingerprint density at radius 3 is 2.66 bits per heavy atom. The number of benzene rings is 2. The Kier molecular flexibility index (Phi) is 7.32. The van der Waals surface area contributed by atoms with Crippen LogP contribution in [-0.2, 0) is 17.8 Å². The first-order valence-electron chi connectivity index (χ1n) is 9.72. The number of nitrogens with one attached hydrogen (secondary N) is 2. The second kappa shape index (κ2) is 10.1. The topological polar surface area (TPSA) is 84.7 Å². The highest BCUT2D eigenvalue weighted by atomic mass is 35.5. The van der Waals surface area contributed by atoms with Crippen LogP contribution in [0.5, 0.6) is 0 Å². The van der Waals surface area contributed by atoms with Gasteiger partial charge in [0, 0.05) is 23.7 Å². The molecule has 152 valence electrons. The van der Waals surface area contributed by atoms with E-state index in [1.54, 1.807) is 4.80 Å². The summed E-state index contributed by atoms with van der Waals surface area (Å²) in [6.45, 7) is 1.67. The van der Waals surface area contributed by atoms with Crippen LogP contribution in [0.3, 0.4) is 0 Å². The van der Waals surface area contributed by atoms with E-state index in [9.17, 15) is 4.79 Å². The van der Waals surface area contributed by atoms with Gasteiger partial charge in [0.2, 0.25) is 11.7 Å². The zero-order valence-corrected chi connectivity index (χ0v) is 16.9. The van der Waals surface area contributed by atoms with Gasteiger partial charge >= 0.3 is 0 Å². The van der Waals surface area contributed by atoms with Crippen molar-refractivity contribution < 1.29 is 4.79 Å². The van der Waals surface area contributed by atoms with Crippen molar-refractivity contribution in [3.05, 3.63) is 60.2 Å². The highest BCUT2D eigenvalue weighted by molar-refractivity contribution is 5.91. The van der Waals surface area contributed by atoms with Crippen LogP contribution in [0.1, 0.15) is 24.8 Å². The normalized spacial score (nSPS) is 15.7. The molecule has 1 aromatic heterocycles. The summed E-state index contributed by atoms with van der Waals surface area (Å²) in [5.41, 5.74) is 2.95. The van der Waals surface area contributed by atoms with E-state index in [1.165, 1.54) is 0 Å². The minimum Gasteiger partial charge on any atom is -0.326 e. The van der Waals surface area contributed by atoms with Gasteiger partial charge in [0.1, 0.15) is 0 Å². The maximum Gasteiger partial charge on any atom is 0.225 e. The van der Waals surface area contributed by atoms with Crippen LogP contribution >= 0.6 is 12.4 Å². The van der Waals surface area contributed by atoms with Gasteiger partial charge < -0.3 is 10.6 Å². The lowest BCUT2D eigenvalue weighted by molar-refractivity contribution is -0.116. The van der Waals surface area contributed by atoms with E-state index in [0.717, 1.165) is 42.6 Å². The predicted octanol–water partition coefficient (Wildman–Crippen LogP) is 3.09. The lowest BCUT2D eigenvalue weighted by atomic mass is 10.1. The zero-order valence-electron chi connectivity index (χ0n) is 16.1. The van der Waals surface area contributed by atoms with Gasteiger partial charge in [-0.25, -0.2) is 0 Å². The smallest absolute Gasteiger partial charge is 0.225 e. The van der Waals surface area contributed by atoms with Crippen molar-refractivity contribution in [2.24, 2.45) is 0 Å². The molecule has 2 aromatic carbocycles. The van der Waals surface area contributed by atoms with Gasteiger partial charge in [0.05, 0.1) is 6.54 Å². The fourth-order valence-electron chi connectivity index (χ4n) is 3.39. The molecule has 1 aliphatic rings. The number of hydrogen-bond donors (Lipinski definition) is 2. The summed E-state index contributed by atoms with van der Waals surface area (Å²) < 4.78 is 0. The number of tetrazole rings is 1. The van der Waals surface area contributed by atoms with Crippen LogP contribution in [0.4, 0.5) is 5.69 Å². The van der Waals surface area contributed by atoms with Gasteiger partial charge in [0.15, 0.2) is 0 Å². The first kappa shape index (κ1) is 21.0. The minimum atomic E-state index is 0. The quantitative estimate of drug-likeness (QED) is 0.623. The SMILES string of the molecule is Cl.O=C(CC1CCCN1)Nc1ccc(CCn2nnc(-c3ccccc3)n2)cc1. The maximum atomic E-state index is 12.1. The third-order valence-electron chi connectivity index (χ3n) is 4.92. The van der Waals surface area contributed by atoms with E-state index in [4.69, 9.17) is 0 Å². The Balaban J connectivity index is 0.00000240. The number of carbonyl (C=O) groups is 1. The highest BCUT2D eigenvalue weighted by Crippen LogP contribution is 2.14. The maximum absolute atomic E-state index is 12.1. The fourth-order valence-corrected chi connectivity index (χ4v) is 3.39. The van der Waals surface area contributed by atoms with E-state index < -0.39 is 0 Å². The van der Waals surface area contributed by atoms with Gasteiger partial charge in [-0.2, -0.15) is 4.80 Å². The number of rotatable bonds is 7. The van der Waals surface area contributed by atoms with Crippen molar-refractivity contribution in [1.29, 1.82) is 0 Å². The molecule has 2 heterocycles. The molecule has 0 bridgehead atoms. The largest absolute Gasteiger partial charge is 0.326 e. The predicted molar refractivity (Wildman–Crippen MR) is 115 cm³/mol. The Labute approximate surface area is 176 Å². The number of carbonyl (C=O) groups excluding carboxylic acids is 1. The van der Waals surface area contributed by atoms with Crippen molar-refractivity contribution in [3.63, 3.8) is 0 Å². The summed E-state index contributed by atoms with van der Waals surface area (Å²) in [6, 6.07) is 18.1. The van der Waals surface area contributed by atoms with Gasteiger partial charge in [-0.1, -0.05) is 42.5 Å².